The number of halogens is 1. The molecule has 0 spiro atoms. The molecule has 3 nitrogen and oxygen atoms in total. The summed E-state index contributed by atoms with van der Waals surface area (Å²) in [5, 5.41) is 1.16. The van der Waals surface area contributed by atoms with Gasteiger partial charge in [-0.1, -0.05) is 35.9 Å². The van der Waals surface area contributed by atoms with Crippen LogP contribution in [0.5, 0.6) is 0 Å². The fourth-order valence-electron chi connectivity index (χ4n) is 2.14. The Balaban J connectivity index is 2.35. The van der Waals surface area contributed by atoms with E-state index in [0.717, 1.165) is 11.1 Å². The molecule has 2 aromatic carbocycles. The molecule has 4 heteroatoms. The third kappa shape index (κ3) is 2.02. The Morgan fingerprint density at radius 3 is 2.68 bits per heavy atom. The number of aryl methyl sites for hydroxylation is 1. The molecule has 19 heavy (non-hydrogen) atoms. The first-order valence-electron chi connectivity index (χ1n) is 5.91. The summed E-state index contributed by atoms with van der Waals surface area (Å²) in [4.78, 5) is 19.3. The van der Waals surface area contributed by atoms with E-state index in [1.165, 1.54) is 0 Å². The van der Waals surface area contributed by atoms with Crippen LogP contribution in [0.25, 0.3) is 22.3 Å². The van der Waals surface area contributed by atoms with Gasteiger partial charge in [0.1, 0.15) is 5.82 Å². The molecule has 3 aromatic rings. The molecular formula is C15H11ClN2O. The Morgan fingerprint density at radius 2 is 1.89 bits per heavy atom. The highest BCUT2D eigenvalue weighted by Crippen LogP contribution is 2.28. The summed E-state index contributed by atoms with van der Waals surface area (Å²) in [6.07, 6.45) is 0. The number of nitrogens with one attached hydrogen (secondary N) is 1. The number of aromatic amines is 1. The average Bonchev–Trinajstić information content (AvgIpc) is 2.38. The fraction of sp³-hybridized carbons (Fsp3) is 0.0667. The Morgan fingerprint density at radius 1 is 1.11 bits per heavy atom. The Bertz CT molecular complexity index is 803. The number of aromatic nitrogens is 2. The van der Waals surface area contributed by atoms with Crippen molar-refractivity contribution >= 4 is 22.5 Å². The van der Waals surface area contributed by atoms with Crippen molar-refractivity contribution in [2.24, 2.45) is 0 Å². The largest absolute Gasteiger partial charge is 0.306 e. The van der Waals surface area contributed by atoms with E-state index in [2.05, 4.69) is 9.97 Å². The molecule has 1 heterocycles. The third-order valence-corrected chi connectivity index (χ3v) is 3.39. The summed E-state index contributed by atoms with van der Waals surface area (Å²) in [7, 11) is 0. The van der Waals surface area contributed by atoms with Gasteiger partial charge in [-0.15, -0.1) is 0 Å². The molecule has 94 valence electrons. The van der Waals surface area contributed by atoms with E-state index < -0.39 is 0 Å². The Labute approximate surface area is 114 Å². The molecule has 0 radical (unpaired) electrons. The summed E-state index contributed by atoms with van der Waals surface area (Å²) in [6.45, 7) is 1.94. The molecule has 0 bridgehead atoms. The molecular weight excluding hydrogens is 260 g/mol. The predicted molar refractivity (Wildman–Crippen MR) is 77.5 cm³/mol. The standard InChI is InChI=1S/C15H11ClN2O/c1-9-5-4-7-11(16)13(9)14-17-12-8-3-2-6-10(12)15(19)18-14/h2-8H,1H3,(H,17,18,19). The minimum atomic E-state index is -0.153. The van der Waals surface area contributed by atoms with Crippen LogP contribution >= 0.6 is 11.6 Å². The van der Waals surface area contributed by atoms with Crippen molar-refractivity contribution in [3.8, 4) is 11.4 Å². The number of benzene rings is 2. The molecule has 0 atom stereocenters. The first kappa shape index (κ1) is 11.9. The number of rotatable bonds is 1. The quantitative estimate of drug-likeness (QED) is 0.735. The fourth-order valence-corrected chi connectivity index (χ4v) is 2.45. The SMILES string of the molecule is Cc1cccc(Cl)c1-c1nc2ccccc2c(=O)[nH]1. The topological polar surface area (TPSA) is 45.8 Å². The molecule has 0 amide bonds. The maximum atomic E-state index is 12.1. The van der Waals surface area contributed by atoms with E-state index in [1.54, 1.807) is 12.1 Å². The minimum absolute atomic E-state index is 0.153. The van der Waals surface area contributed by atoms with E-state index >= 15 is 0 Å². The van der Waals surface area contributed by atoms with Gasteiger partial charge in [-0.3, -0.25) is 4.79 Å². The van der Waals surface area contributed by atoms with Gasteiger partial charge in [0.05, 0.1) is 15.9 Å². The van der Waals surface area contributed by atoms with Gasteiger partial charge in [-0.2, -0.15) is 0 Å². The third-order valence-electron chi connectivity index (χ3n) is 3.07. The first-order valence-corrected chi connectivity index (χ1v) is 6.29. The van der Waals surface area contributed by atoms with E-state index in [-0.39, 0.29) is 5.56 Å². The lowest BCUT2D eigenvalue weighted by Gasteiger charge is -2.08. The normalized spacial score (nSPS) is 10.8. The smallest absolute Gasteiger partial charge is 0.259 e. The summed E-state index contributed by atoms with van der Waals surface area (Å²) < 4.78 is 0. The number of nitrogens with zero attached hydrogens (tertiary/aromatic N) is 1. The molecule has 0 saturated carbocycles. The summed E-state index contributed by atoms with van der Waals surface area (Å²) in [5.41, 5.74) is 2.26. The highest BCUT2D eigenvalue weighted by Gasteiger charge is 2.11. The van der Waals surface area contributed by atoms with Gasteiger partial charge in [0, 0.05) is 5.56 Å². The van der Waals surface area contributed by atoms with Crippen LogP contribution in [0.1, 0.15) is 5.56 Å². The van der Waals surface area contributed by atoms with Gasteiger partial charge in [-0.25, -0.2) is 4.98 Å². The summed E-state index contributed by atoms with van der Waals surface area (Å²) in [5.74, 6) is 0.506. The van der Waals surface area contributed by atoms with Gasteiger partial charge in [0.2, 0.25) is 0 Å². The first-order chi connectivity index (χ1) is 9.16. The summed E-state index contributed by atoms with van der Waals surface area (Å²) >= 11 is 6.21. The maximum absolute atomic E-state index is 12.1. The van der Waals surface area contributed by atoms with Crippen molar-refractivity contribution in [1.82, 2.24) is 9.97 Å². The summed E-state index contributed by atoms with van der Waals surface area (Å²) in [6, 6.07) is 12.9. The molecule has 1 aromatic heterocycles. The van der Waals surface area contributed by atoms with Gasteiger partial charge in [0.25, 0.3) is 5.56 Å². The maximum Gasteiger partial charge on any atom is 0.259 e. The van der Waals surface area contributed by atoms with Crippen molar-refractivity contribution < 1.29 is 0 Å². The number of fused-ring (bicyclic) bond motifs is 1. The zero-order valence-electron chi connectivity index (χ0n) is 10.3. The second-order valence-electron chi connectivity index (χ2n) is 4.36. The van der Waals surface area contributed by atoms with Crippen molar-refractivity contribution in [3.05, 3.63) is 63.4 Å². The van der Waals surface area contributed by atoms with Crippen molar-refractivity contribution in [2.75, 3.05) is 0 Å². The average molecular weight is 271 g/mol. The van der Waals surface area contributed by atoms with Crippen LogP contribution < -0.4 is 5.56 Å². The van der Waals surface area contributed by atoms with E-state index in [4.69, 9.17) is 11.6 Å². The molecule has 0 fully saturated rings. The van der Waals surface area contributed by atoms with Crippen LogP contribution in [0.15, 0.2) is 47.3 Å². The highest BCUT2D eigenvalue weighted by atomic mass is 35.5. The number of para-hydroxylation sites is 1. The van der Waals surface area contributed by atoms with Crippen molar-refractivity contribution in [3.63, 3.8) is 0 Å². The van der Waals surface area contributed by atoms with Crippen LogP contribution in [-0.4, -0.2) is 9.97 Å². The van der Waals surface area contributed by atoms with Crippen LogP contribution in [0.2, 0.25) is 5.02 Å². The second kappa shape index (κ2) is 4.52. The molecule has 0 aliphatic carbocycles. The van der Waals surface area contributed by atoms with Crippen LogP contribution in [0.4, 0.5) is 0 Å². The number of H-pyrrole nitrogens is 1. The number of hydrogen-bond acceptors (Lipinski definition) is 2. The van der Waals surface area contributed by atoms with Gasteiger partial charge in [-0.05, 0) is 30.7 Å². The van der Waals surface area contributed by atoms with E-state index in [9.17, 15) is 4.79 Å². The van der Waals surface area contributed by atoms with Gasteiger partial charge >= 0.3 is 0 Å². The monoisotopic (exact) mass is 270 g/mol. The van der Waals surface area contributed by atoms with Gasteiger partial charge in [0.15, 0.2) is 0 Å². The lowest BCUT2D eigenvalue weighted by atomic mass is 10.1. The van der Waals surface area contributed by atoms with Gasteiger partial charge < -0.3 is 4.98 Å². The molecule has 0 aliphatic heterocycles. The molecule has 0 saturated heterocycles. The minimum Gasteiger partial charge on any atom is -0.306 e. The Hall–Kier alpha value is -2.13. The highest BCUT2D eigenvalue weighted by molar-refractivity contribution is 6.33. The molecule has 1 N–H and O–H groups in total. The molecule has 3 rings (SSSR count). The zero-order valence-corrected chi connectivity index (χ0v) is 11.0. The van der Waals surface area contributed by atoms with Crippen molar-refractivity contribution in [2.45, 2.75) is 6.92 Å². The molecule has 0 unspecified atom stereocenters. The van der Waals surface area contributed by atoms with E-state index in [1.807, 2.05) is 37.3 Å². The van der Waals surface area contributed by atoms with Crippen LogP contribution in [0, 0.1) is 6.92 Å². The number of hydrogen-bond donors (Lipinski definition) is 1. The lowest BCUT2D eigenvalue weighted by molar-refractivity contribution is 1.17. The zero-order chi connectivity index (χ0) is 13.4. The van der Waals surface area contributed by atoms with E-state index in [0.29, 0.717) is 21.7 Å². The van der Waals surface area contributed by atoms with Crippen molar-refractivity contribution in [1.29, 1.82) is 0 Å². The second-order valence-corrected chi connectivity index (χ2v) is 4.77. The predicted octanol–water partition coefficient (Wildman–Crippen LogP) is 3.55. The van der Waals surface area contributed by atoms with Crippen LogP contribution in [0.3, 0.4) is 0 Å². The van der Waals surface area contributed by atoms with Crippen LogP contribution in [-0.2, 0) is 0 Å². The lowest BCUT2D eigenvalue weighted by Crippen LogP contribution is -2.09. The Kier molecular flexibility index (Phi) is 2.84. The molecule has 0 aliphatic rings.